The number of hydrogen-bond donors (Lipinski definition) is 2. The second-order valence-corrected chi connectivity index (χ2v) is 4.99. The first-order valence-corrected chi connectivity index (χ1v) is 6.80. The molecule has 0 spiro atoms. The van der Waals surface area contributed by atoms with E-state index in [1.54, 1.807) is 0 Å². The number of esters is 3. The molecule has 0 radical (unpaired) electrons. The van der Waals surface area contributed by atoms with Crippen LogP contribution in [0.1, 0.15) is 12.8 Å². The normalized spacial score (nSPS) is 14.0. The molecule has 0 heterocycles. The summed E-state index contributed by atoms with van der Waals surface area (Å²) in [5.74, 6) is 1.25. The summed E-state index contributed by atoms with van der Waals surface area (Å²) >= 11 is 0. The molecule has 12 heteroatoms. The van der Waals surface area contributed by atoms with Crippen LogP contribution in [-0.4, -0.2) is 49.7 Å². The van der Waals surface area contributed by atoms with Gasteiger partial charge in [-0.25, -0.2) is 19.9 Å². The Balaban J connectivity index is 5.70. The molecule has 0 aliphatic heterocycles. The largest absolute Gasteiger partial charge is 0.489 e. The third-order valence-electron chi connectivity index (χ3n) is 2.30. The molecule has 0 saturated carbocycles. The smallest absolute Gasteiger partial charge is 0.469 e. The van der Waals surface area contributed by atoms with Crippen LogP contribution < -0.4 is 5.90 Å². The zero-order valence-corrected chi connectivity index (χ0v) is 12.5. The number of rotatable bonds is 8. The molecule has 0 aromatic heterocycles. The number of ether oxygens (including phenoxy) is 3. The minimum atomic E-state index is -4.93. The van der Waals surface area contributed by atoms with Crippen molar-refractivity contribution in [2.75, 3.05) is 21.3 Å². The van der Waals surface area contributed by atoms with Crippen LogP contribution in [0.3, 0.4) is 0 Å². The highest BCUT2D eigenvalue weighted by atomic mass is 31.2. The van der Waals surface area contributed by atoms with Crippen LogP contribution >= 0.6 is 7.82 Å². The number of carbonyl (C=O) groups excluding carboxylic acids is 3. The Labute approximate surface area is 119 Å². The van der Waals surface area contributed by atoms with E-state index in [1.165, 1.54) is 0 Å². The summed E-state index contributed by atoms with van der Waals surface area (Å²) in [6.45, 7) is 0. The topological polar surface area (TPSA) is 161 Å². The number of hydrogen-bond acceptors (Lipinski definition) is 10. The molecule has 1 unspecified atom stereocenters. The molecular formula is C9H16NO10P. The van der Waals surface area contributed by atoms with Crippen molar-refractivity contribution in [3.63, 3.8) is 0 Å². The Kier molecular flexibility index (Phi) is 7.47. The predicted molar refractivity (Wildman–Crippen MR) is 64.2 cm³/mol. The van der Waals surface area contributed by atoms with Crippen LogP contribution in [0.5, 0.6) is 0 Å². The van der Waals surface area contributed by atoms with Crippen molar-refractivity contribution in [1.29, 1.82) is 0 Å². The molecule has 0 aliphatic rings. The molecule has 11 nitrogen and oxygen atoms in total. The van der Waals surface area contributed by atoms with E-state index in [-0.39, 0.29) is 0 Å². The molecule has 0 aromatic carbocycles. The Morgan fingerprint density at radius 3 is 1.76 bits per heavy atom. The summed E-state index contributed by atoms with van der Waals surface area (Å²) in [7, 11) is -2.02. The van der Waals surface area contributed by atoms with Gasteiger partial charge in [0, 0.05) is 0 Å². The Hall–Kier alpha value is -1.52. The van der Waals surface area contributed by atoms with Gasteiger partial charge in [-0.15, -0.1) is 0 Å². The van der Waals surface area contributed by atoms with Crippen LogP contribution in [0.25, 0.3) is 0 Å². The van der Waals surface area contributed by atoms with Crippen LogP contribution in [-0.2, 0) is 42.3 Å². The van der Waals surface area contributed by atoms with Crippen LogP contribution in [0.2, 0.25) is 0 Å². The number of phosphoric ester groups is 1. The molecule has 0 aromatic rings. The lowest BCUT2D eigenvalue weighted by molar-refractivity contribution is -0.173. The van der Waals surface area contributed by atoms with E-state index < -0.39 is 44.2 Å². The highest BCUT2D eigenvalue weighted by molar-refractivity contribution is 7.47. The molecule has 0 amide bonds. The van der Waals surface area contributed by atoms with Gasteiger partial charge in [-0.05, 0) is 0 Å². The van der Waals surface area contributed by atoms with Gasteiger partial charge in [-0.1, -0.05) is 0 Å². The maximum absolute atomic E-state index is 11.8. The summed E-state index contributed by atoms with van der Waals surface area (Å²) in [6, 6.07) is 0. The summed E-state index contributed by atoms with van der Waals surface area (Å²) in [5.41, 5.74) is -2.49. The quantitative estimate of drug-likeness (QED) is 0.244. The van der Waals surface area contributed by atoms with Crippen LogP contribution in [0.15, 0.2) is 0 Å². The van der Waals surface area contributed by atoms with E-state index in [4.69, 9.17) is 0 Å². The van der Waals surface area contributed by atoms with Gasteiger partial charge in [0.2, 0.25) is 0 Å². The summed E-state index contributed by atoms with van der Waals surface area (Å²) in [5, 5.41) is 0. The maximum atomic E-state index is 11.8. The van der Waals surface area contributed by atoms with Crippen molar-refractivity contribution in [3.05, 3.63) is 0 Å². The molecule has 0 aliphatic carbocycles. The lowest BCUT2D eigenvalue weighted by Crippen LogP contribution is -2.46. The number of carbonyl (C=O) groups is 3. The molecule has 0 rings (SSSR count). The molecule has 0 fully saturated rings. The number of methoxy groups -OCH3 is 3. The third-order valence-corrected chi connectivity index (χ3v) is 3.14. The van der Waals surface area contributed by atoms with E-state index in [0.29, 0.717) is 0 Å². The fraction of sp³-hybridized carbons (Fsp3) is 0.667. The standard InChI is InChI=1S/C9H16NO10P/c1-16-6(11)4-9(8(13)18-3,5-7(12)17-2)19-21(14,15)20-10/h4-5,10H2,1-3H3,(H,14,15). The first kappa shape index (κ1) is 19.5. The lowest BCUT2D eigenvalue weighted by Gasteiger charge is -2.29. The van der Waals surface area contributed by atoms with Gasteiger partial charge in [0.15, 0.2) is 5.60 Å². The summed E-state index contributed by atoms with van der Waals surface area (Å²) in [4.78, 5) is 43.9. The Bertz CT molecular complexity index is 432. The van der Waals surface area contributed by atoms with Crippen molar-refractivity contribution in [3.8, 4) is 0 Å². The minimum Gasteiger partial charge on any atom is -0.469 e. The average Bonchev–Trinajstić information content (AvgIpc) is 2.45. The first-order valence-electron chi connectivity index (χ1n) is 5.30. The van der Waals surface area contributed by atoms with Gasteiger partial charge in [0.25, 0.3) is 0 Å². The van der Waals surface area contributed by atoms with Crippen molar-refractivity contribution in [1.82, 2.24) is 0 Å². The van der Waals surface area contributed by atoms with Gasteiger partial charge in [0.1, 0.15) is 0 Å². The van der Waals surface area contributed by atoms with Crippen molar-refractivity contribution < 1.29 is 47.2 Å². The molecule has 0 saturated heterocycles. The molecule has 0 bridgehead atoms. The van der Waals surface area contributed by atoms with Crippen molar-refractivity contribution in [2.24, 2.45) is 5.90 Å². The fourth-order valence-electron chi connectivity index (χ4n) is 1.35. The van der Waals surface area contributed by atoms with Gasteiger partial charge in [0.05, 0.1) is 34.2 Å². The van der Waals surface area contributed by atoms with E-state index in [0.717, 1.165) is 21.3 Å². The van der Waals surface area contributed by atoms with Crippen LogP contribution in [0.4, 0.5) is 0 Å². The van der Waals surface area contributed by atoms with Crippen molar-refractivity contribution in [2.45, 2.75) is 18.4 Å². The average molecular weight is 329 g/mol. The maximum Gasteiger partial charge on any atom is 0.489 e. The monoisotopic (exact) mass is 329 g/mol. The molecule has 1 atom stereocenters. The molecular weight excluding hydrogens is 313 g/mol. The van der Waals surface area contributed by atoms with Gasteiger partial charge in [-0.2, -0.15) is 0 Å². The van der Waals surface area contributed by atoms with Gasteiger partial charge in [-0.3, -0.25) is 14.1 Å². The fourth-order valence-corrected chi connectivity index (χ4v) is 2.04. The Morgan fingerprint density at radius 1 is 1.05 bits per heavy atom. The molecule has 21 heavy (non-hydrogen) atoms. The highest BCUT2D eigenvalue weighted by Crippen LogP contribution is 2.48. The number of nitrogens with two attached hydrogens (primary N) is 1. The van der Waals surface area contributed by atoms with E-state index in [2.05, 4.69) is 29.3 Å². The van der Waals surface area contributed by atoms with E-state index in [1.807, 2.05) is 0 Å². The summed E-state index contributed by atoms with van der Waals surface area (Å²) < 4.78 is 32.8. The zero-order chi connectivity index (χ0) is 16.7. The van der Waals surface area contributed by atoms with Crippen LogP contribution in [0, 0.1) is 0 Å². The summed E-state index contributed by atoms with van der Waals surface area (Å²) in [6.07, 6.45) is -1.81. The first-order chi connectivity index (χ1) is 9.66. The SMILES string of the molecule is COC(=O)CC(CC(=O)OC)(OP(=O)(O)ON)C(=O)OC. The zero-order valence-electron chi connectivity index (χ0n) is 11.6. The second-order valence-electron chi connectivity index (χ2n) is 3.66. The third kappa shape index (κ3) is 5.78. The predicted octanol–water partition coefficient (Wildman–Crippen LogP) is -0.968. The van der Waals surface area contributed by atoms with Gasteiger partial charge < -0.3 is 19.1 Å². The van der Waals surface area contributed by atoms with Crippen molar-refractivity contribution >= 4 is 25.7 Å². The van der Waals surface area contributed by atoms with Gasteiger partial charge >= 0.3 is 25.7 Å². The molecule has 3 N–H and O–H groups in total. The lowest BCUT2D eigenvalue weighted by atomic mass is 9.95. The Morgan fingerprint density at radius 2 is 1.48 bits per heavy atom. The van der Waals surface area contributed by atoms with E-state index in [9.17, 15) is 23.8 Å². The highest BCUT2D eigenvalue weighted by Gasteiger charge is 2.51. The van der Waals surface area contributed by atoms with E-state index >= 15 is 0 Å². The molecule has 122 valence electrons. The second kappa shape index (κ2) is 8.05. The minimum absolute atomic E-state index is 0.904. The number of phosphoric acid groups is 1.